The SMILES string of the molecule is CCCC(C#N)C(=O)N(C)C1CCCN(C)C1. The summed E-state index contributed by atoms with van der Waals surface area (Å²) in [5.74, 6) is -0.466. The number of rotatable bonds is 4. The Hall–Kier alpha value is -1.08. The second-order valence-electron chi connectivity index (χ2n) is 4.98. The molecule has 2 atom stereocenters. The van der Waals surface area contributed by atoms with Gasteiger partial charge in [-0.15, -0.1) is 0 Å². The van der Waals surface area contributed by atoms with Crippen LogP contribution in [0.2, 0.25) is 0 Å². The largest absolute Gasteiger partial charge is 0.340 e. The van der Waals surface area contributed by atoms with Crippen LogP contribution < -0.4 is 0 Å². The van der Waals surface area contributed by atoms with Crippen molar-refractivity contribution in [1.82, 2.24) is 9.80 Å². The predicted molar refractivity (Wildman–Crippen MR) is 67.3 cm³/mol. The molecule has 0 spiro atoms. The first-order chi connectivity index (χ1) is 8.10. The first-order valence-corrected chi connectivity index (χ1v) is 6.45. The maximum atomic E-state index is 12.2. The lowest BCUT2D eigenvalue weighted by molar-refractivity contribution is -0.135. The van der Waals surface area contributed by atoms with Gasteiger partial charge in [-0.2, -0.15) is 5.26 Å². The molecule has 1 aliphatic heterocycles. The van der Waals surface area contributed by atoms with Crippen LogP contribution in [0.15, 0.2) is 0 Å². The molecule has 1 amide bonds. The number of carbonyl (C=O) groups excluding carboxylic acids is 1. The summed E-state index contributed by atoms with van der Waals surface area (Å²) in [6, 6.07) is 2.40. The second-order valence-corrected chi connectivity index (χ2v) is 4.98. The predicted octanol–water partition coefficient (Wildman–Crippen LogP) is 1.48. The third-order valence-corrected chi connectivity index (χ3v) is 3.53. The van der Waals surface area contributed by atoms with E-state index in [9.17, 15) is 4.79 Å². The molecule has 17 heavy (non-hydrogen) atoms. The van der Waals surface area contributed by atoms with Crippen LogP contribution in [0.5, 0.6) is 0 Å². The Morgan fingerprint density at radius 3 is 2.88 bits per heavy atom. The monoisotopic (exact) mass is 237 g/mol. The molecule has 0 bridgehead atoms. The van der Waals surface area contributed by atoms with Crippen molar-refractivity contribution in [3.05, 3.63) is 0 Å². The van der Waals surface area contributed by atoms with E-state index >= 15 is 0 Å². The third-order valence-electron chi connectivity index (χ3n) is 3.53. The highest BCUT2D eigenvalue weighted by Gasteiger charge is 2.28. The number of nitriles is 1. The zero-order valence-electron chi connectivity index (χ0n) is 11.1. The van der Waals surface area contributed by atoms with Gasteiger partial charge < -0.3 is 9.80 Å². The van der Waals surface area contributed by atoms with Crippen LogP contribution >= 0.6 is 0 Å². The molecule has 4 nitrogen and oxygen atoms in total. The van der Waals surface area contributed by atoms with Gasteiger partial charge in [0.1, 0.15) is 5.92 Å². The van der Waals surface area contributed by atoms with Crippen molar-refractivity contribution in [3.63, 3.8) is 0 Å². The zero-order chi connectivity index (χ0) is 12.8. The fourth-order valence-corrected chi connectivity index (χ4v) is 2.41. The van der Waals surface area contributed by atoms with Gasteiger partial charge in [0.25, 0.3) is 0 Å². The summed E-state index contributed by atoms with van der Waals surface area (Å²) in [7, 11) is 3.92. The number of likely N-dealkylation sites (tertiary alicyclic amines) is 1. The fourth-order valence-electron chi connectivity index (χ4n) is 2.41. The zero-order valence-corrected chi connectivity index (χ0v) is 11.1. The summed E-state index contributed by atoms with van der Waals surface area (Å²) in [4.78, 5) is 16.2. The van der Waals surface area contributed by atoms with Crippen molar-refractivity contribution in [2.75, 3.05) is 27.2 Å². The van der Waals surface area contributed by atoms with Gasteiger partial charge in [0, 0.05) is 19.6 Å². The van der Waals surface area contributed by atoms with E-state index in [0.717, 1.165) is 32.4 Å². The summed E-state index contributed by atoms with van der Waals surface area (Å²) in [5, 5.41) is 9.02. The van der Waals surface area contributed by atoms with Crippen LogP contribution in [0, 0.1) is 17.2 Å². The van der Waals surface area contributed by atoms with E-state index in [1.54, 1.807) is 4.90 Å². The summed E-state index contributed by atoms with van der Waals surface area (Å²) >= 11 is 0. The van der Waals surface area contributed by atoms with Crippen molar-refractivity contribution in [2.24, 2.45) is 5.92 Å². The average molecular weight is 237 g/mol. The minimum Gasteiger partial charge on any atom is -0.340 e. The molecule has 0 aromatic rings. The molecule has 0 aromatic heterocycles. The highest BCUT2D eigenvalue weighted by atomic mass is 16.2. The molecule has 4 heteroatoms. The molecule has 0 aromatic carbocycles. The normalized spacial score (nSPS) is 22.8. The highest BCUT2D eigenvalue weighted by molar-refractivity contribution is 5.81. The van der Waals surface area contributed by atoms with E-state index in [0.29, 0.717) is 6.42 Å². The number of nitrogens with zero attached hydrogens (tertiary/aromatic N) is 3. The lowest BCUT2D eigenvalue weighted by atomic mass is 10.00. The summed E-state index contributed by atoms with van der Waals surface area (Å²) < 4.78 is 0. The Morgan fingerprint density at radius 2 is 2.35 bits per heavy atom. The lowest BCUT2D eigenvalue weighted by Crippen LogP contribution is -2.48. The Labute approximate surface area is 104 Å². The molecule has 1 heterocycles. The Morgan fingerprint density at radius 1 is 1.65 bits per heavy atom. The first-order valence-electron chi connectivity index (χ1n) is 6.45. The molecule has 0 saturated carbocycles. The number of hydrogen-bond acceptors (Lipinski definition) is 3. The van der Waals surface area contributed by atoms with Gasteiger partial charge in [-0.25, -0.2) is 0 Å². The molecule has 0 radical (unpaired) electrons. The molecule has 1 aliphatic rings. The topological polar surface area (TPSA) is 47.3 Å². The smallest absolute Gasteiger partial charge is 0.239 e. The molecule has 1 fully saturated rings. The van der Waals surface area contributed by atoms with Crippen molar-refractivity contribution < 1.29 is 4.79 Å². The van der Waals surface area contributed by atoms with Gasteiger partial charge in [0.2, 0.25) is 5.91 Å². The van der Waals surface area contributed by atoms with Gasteiger partial charge in [-0.05, 0) is 32.9 Å². The van der Waals surface area contributed by atoms with Crippen LogP contribution in [0.3, 0.4) is 0 Å². The van der Waals surface area contributed by atoms with Gasteiger partial charge >= 0.3 is 0 Å². The van der Waals surface area contributed by atoms with Crippen LogP contribution in [-0.2, 0) is 4.79 Å². The van der Waals surface area contributed by atoms with Crippen LogP contribution in [0.1, 0.15) is 32.6 Å². The molecule has 1 saturated heterocycles. The fraction of sp³-hybridized carbons (Fsp3) is 0.846. The Balaban J connectivity index is 2.58. The van der Waals surface area contributed by atoms with Gasteiger partial charge in [0.05, 0.1) is 6.07 Å². The number of carbonyl (C=O) groups is 1. The Kier molecular flexibility index (Phi) is 5.43. The van der Waals surface area contributed by atoms with Crippen LogP contribution in [0.4, 0.5) is 0 Å². The summed E-state index contributed by atoms with van der Waals surface area (Å²) in [6.07, 6.45) is 3.73. The number of amides is 1. The summed E-state index contributed by atoms with van der Waals surface area (Å²) in [5.41, 5.74) is 0. The van der Waals surface area contributed by atoms with E-state index in [1.165, 1.54) is 0 Å². The molecule has 2 unspecified atom stereocenters. The minimum absolute atomic E-state index is 0.00495. The van der Waals surface area contributed by atoms with Gasteiger partial charge in [0.15, 0.2) is 0 Å². The maximum Gasteiger partial charge on any atom is 0.239 e. The van der Waals surface area contributed by atoms with Gasteiger partial charge in [-0.1, -0.05) is 13.3 Å². The number of hydrogen-bond donors (Lipinski definition) is 0. The van der Waals surface area contributed by atoms with E-state index in [1.807, 2.05) is 14.0 Å². The molecule has 0 aliphatic carbocycles. The van der Waals surface area contributed by atoms with Crippen molar-refractivity contribution in [1.29, 1.82) is 5.26 Å². The van der Waals surface area contributed by atoms with E-state index in [2.05, 4.69) is 18.0 Å². The van der Waals surface area contributed by atoms with E-state index in [4.69, 9.17) is 5.26 Å². The molecule has 96 valence electrons. The van der Waals surface area contributed by atoms with Crippen molar-refractivity contribution >= 4 is 5.91 Å². The van der Waals surface area contributed by atoms with E-state index < -0.39 is 5.92 Å². The quantitative estimate of drug-likeness (QED) is 0.744. The van der Waals surface area contributed by atoms with Gasteiger partial charge in [-0.3, -0.25) is 4.79 Å². The molecule has 0 N–H and O–H groups in total. The first kappa shape index (κ1) is 14.0. The van der Waals surface area contributed by atoms with Crippen LogP contribution in [0.25, 0.3) is 0 Å². The number of piperidine rings is 1. The average Bonchev–Trinajstić information content (AvgIpc) is 2.34. The standard InChI is InChI=1S/C13H23N3O/c1-4-6-11(9-14)13(17)16(3)12-7-5-8-15(2)10-12/h11-12H,4-8,10H2,1-3H3. The highest BCUT2D eigenvalue weighted by Crippen LogP contribution is 2.17. The maximum absolute atomic E-state index is 12.2. The van der Waals surface area contributed by atoms with Crippen molar-refractivity contribution in [3.8, 4) is 6.07 Å². The van der Waals surface area contributed by atoms with Crippen LogP contribution in [-0.4, -0.2) is 48.9 Å². The molecule has 1 rings (SSSR count). The third kappa shape index (κ3) is 3.71. The van der Waals surface area contributed by atoms with E-state index in [-0.39, 0.29) is 11.9 Å². The Bertz CT molecular complexity index is 298. The molecular weight excluding hydrogens is 214 g/mol. The van der Waals surface area contributed by atoms with Crippen molar-refractivity contribution in [2.45, 2.75) is 38.6 Å². The lowest BCUT2D eigenvalue weighted by Gasteiger charge is -2.36. The molecular formula is C13H23N3O. The number of likely N-dealkylation sites (N-methyl/N-ethyl adjacent to an activating group) is 2. The minimum atomic E-state index is -0.461. The summed E-state index contributed by atoms with van der Waals surface area (Å²) in [6.45, 7) is 4.04. The second kappa shape index (κ2) is 6.61.